The van der Waals surface area contributed by atoms with Gasteiger partial charge in [0.05, 0.1) is 11.3 Å². The number of benzene rings is 2. The summed E-state index contributed by atoms with van der Waals surface area (Å²) in [5, 5.41) is 9.23. The fourth-order valence-electron chi connectivity index (χ4n) is 3.58. The number of hydrogen-bond donors (Lipinski definition) is 1. The van der Waals surface area contributed by atoms with Crippen LogP contribution in [0.25, 0.3) is 0 Å². The number of carboxylic acid groups (broad SMARTS) is 1. The lowest BCUT2D eigenvalue weighted by atomic mass is 9.99. The summed E-state index contributed by atoms with van der Waals surface area (Å²) in [6, 6.07) is 9.12. The van der Waals surface area contributed by atoms with E-state index in [-0.39, 0.29) is 23.1 Å². The number of carbonyl (C=O) groups is 1. The Morgan fingerprint density at radius 3 is 2.56 bits per heavy atom. The third-order valence-corrected chi connectivity index (χ3v) is 6.90. The normalized spacial score (nSPS) is 17.6. The van der Waals surface area contributed by atoms with Crippen LogP contribution in [0.4, 0.5) is 10.1 Å². The van der Waals surface area contributed by atoms with Crippen molar-refractivity contribution in [3.63, 3.8) is 0 Å². The van der Waals surface area contributed by atoms with Crippen molar-refractivity contribution in [1.29, 1.82) is 0 Å². The number of aromatic carboxylic acids is 1. The maximum absolute atomic E-state index is 14.4. The predicted octanol–water partition coefficient (Wildman–Crippen LogP) is 3.07. The van der Waals surface area contributed by atoms with E-state index in [1.54, 1.807) is 12.1 Å². The van der Waals surface area contributed by atoms with Gasteiger partial charge in [-0.2, -0.15) is 0 Å². The average Bonchev–Trinajstić information content (AvgIpc) is 3.24. The first-order valence-corrected chi connectivity index (χ1v) is 9.36. The Labute approximate surface area is 144 Å². The summed E-state index contributed by atoms with van der Waals surface area (Å²) in [4.78, 5) is 10.7. The molecule has 0 unspecified atom stereocenters. The molecule has 0 saturated heterocycles. The number of para-hydroxylation sites is 1. The van der Waals surface area contributed by atoms with Crippen LogP contribution in [0.2, 0.25) is 0 Å². The first-order valence-electron chi connectivity index (χ1n) is 7.92. The highest BCUT2D eigenvalue weighted by Gasteiger charge is 2.54. The number of halogens is 1. The van der Waals surface area contributed by atoms with Crippen molar-refractivity contribution in [2.75, 3.05) is 10.8 Å². The lowest BCUT2D eigenvalue weighted by molar-refractivity contribution is 0.0695. The van der Waals surface area contributed by atoms with Gasteiger partial charge in [0.25, 0.3) is 10.0 Å². The molecule has 0 radical (unpaired) electrons. The number of rotatable bonds is 3. The van der Waals surface area contributed by atoms with Crippen molar-refractivity contribution >= 4 is 21.7 Å². The van der Waals surface area contributed by atoms with Crippen LogP contribution >= 0.6 is 0 Å². The molecule has 2 aromatic carbocycles. The van der Waals surface area contributed by atoms with E-state index in [1.807, 2.05) is 12.1 Å². The summed E-state index contributed by atoms with van der Waals surface area (Å²) in [5.74, 6) is -2.22. The van der Waals surface area contributed by atoms with Gasteiger partial charge in [-0.15, -0.1) is 0 Å². The first kappa shape index (κ1) is 16.1. The molecule has 4 rings (SSSR count). The van der Waals surface area contributed by atoms with Crippen molar-refractivity contribution in [3.8, 4) is 0 Å². The van der Waals surface area contributed by atoms with Gasteiger partial charge in [0.2, 0.25) is 0 Å². The van der Waals surface area contributed by atoms with Gasteiger partial charge < -0.3 is 5.11 Å². The number of sulfonamides is 1. The van der Waals surface area contributed by atoms with Crippen LogP contribution in [0.5, 0.6) is 0 Å². The highest BCUT2D eigenvalue weighted by Crippen LogP contribution is 2.57. The maximum Gasteiger partial charge on any atom is 0.335 e. The Morgan fingerprint density at radius 2 is 1.92 bits per heavy atom. The molecular weight excluding hydrogens is 345 g/mol. The van der Waals surface area contributed by atoms with Gasteiger partial charge in [0, 0.05) is 12.0 Å². The molecule has 1 aliphatic heterocycles. The molecule has 25 heavy (non-hydrogen) atoms. The molecule has 1 fully saturated rings. The number of carboxylic acids is 1. The minimum absolute atomic E-state index is 0.180. The van der Waals surface area contributed by atoms with E-state index in [4.69, 9.17) is 0 Å². The Hall–Kier alpha value is -2.41. The topological polar surface area (TPSA) is 74.7 Å². The van der Waals surface area contributed by atoms with E-state index in [9.17, 15) is 22.7 Å². The average molecular weight is 361 g/mol. The van der Waals surface area contributed by atoms with Gasteiger partial charge in [-0.25, -0.2) is 17.6 Å². The van der Waals surface area contributed by atoms with Crippen LogP contribution < -0.4 is 4.31 Å². The molecule has 5 nitrogen and oxygen atoms in total. The summed E-state index contributed by atoms with van der Waals surface area (Å²) in [7, 11) is -4.19. The number of aryl methyl sites for hydroxylation is 1. The molecule has 2 aromatic rings. The summed E-state index contributed by atoms with van der Waals surface area (Å²) in [6.45, 7) is 1.71. The van der Waals surface area contributed by atoms with E-state index < -0.39 is 26.7 Å². The number of fused-ring (bicyclic) bond motifs is 2. The molecular formula is C18H16FNO4S. The molecule has 1 heterocycles. The molecule has 0 aromatic heterocycles. The zero-order valence-electron chi connectivity index (χ0n) is 13.5. The van der Waals surface area contributed by atoms with Crippen molar-refractivity contribution < 1.29 is 22.7 Å². The van der Waals surface area contributed by atoms with Crippen LogP contribution in [0.1, 0.15) is 34.3 Å². The van der Waals surface area contributed by atoms with Crippen LogP contribution in [0.3, 0.4) is 0 Å². The molecule has 1 aliphatic carbocycles. The second kappa shape index (κ2) is 5.05. The van der Waals surface area contributed by atoms with Gasteiger partial charge in [-0.1, -0.05) is 18.2 Å². The molecule has 7 heteroatoms. The van der Waals surface area contributed by atoms with Crippen molar-refractivity contribution in [3.05, 3.63) is 58.9 Å². The van der Waals surface area contributed by atoms with Crippen molar-refractivity contribution in [1.82, 2.24) is 0 Å². The minimum Gasteiger partial charge on any atom is -0.478 e. The number of anilines is 1. The Balaban J connectivity index is 1.87. The van der Waals surface area contributed by atoms with E-state index in [2.05, 4.69) is 0 Å². The molecule has 130 valence electrons. The third kappa shape index (κ3) is 2.26. The standard InChI is InChI=1S/C18H16FNO4S/c1-11-8-14(19)16(9-12(11)17(21)22)25(23,24)20-10-18(6-7-18)13-4-2-3-5-15(13)20/h2-5,8-9H,6-7,10H2,1H3,(H,21,22). The van der Waals surface area contributed by atoms with Gasteiger partial charge in [0.15, 0.2) is 0 Å². The molecule has 1 spiro atoms. The maximum atomic E-state index is 14.4. The van der Waals surface area contributed by atoms with Crippen LogP contribution in [0, 0.1) is 12.7 Å². The SMILES string of the molecule is Cc1cc(F)c(S(=O)(=O)N2CC3(CC3)c3ccccc32)cc1C(=O)O. The molecule has 0 amide bonds. The summed E-state index contributed by atoms with van der Waals surface area (Å²) in [5.41, 5.74) is 1.31. The molecule has 0 atom stereocenters. The molecule has 1 saturated carbocycles. The van der Waals surface area contributed by atoms with E-state index >= 15 is 0 Å². The Kier molecular flexibility index (Phi) is 3.25. The minimum atomic E-state index is -4.19. The summed E-state index contributed by atoms with van der Waals surface area (Å²) >= 11 is 0. The van der Waals surface area contributed by atoms with Crippen LogP contribution in [-0.2, 0) is 15.4 Å². The fourth-order valence-corrected chi connectivity index (χ4v) is 5.22. The van der Waals surface area contributed by atoms with Crippen molar-refractivity contribution in [2.24, 2.45) is 0 Å². The van der Waals surface area contributed by atoms with E-state index in [0.717, 1.165) is 30.5 Å². The monoisotopic (exact) mass is 361 g/mol. The largest absolute Gasteiger partial charge is 0.478 e. The second-order valence-electron chi connectivity index (χ2n) is 6.71. The van der Waals surface area contributed by atoms with Crippen LogP contribution in [-0.4, -0.2) is 26.0 Å². The second-order valence-corrected chi connectivity index (χ2v) is 8.54. The van der Waals surface area contributed by atoms with Crippen LogP contribution in [0.15, 0.2) is 41.3 Å². The highest BCUT2D eigenvalue weighted by atomic mass is 32.2. The molecule has 0 bridgehead atoms. The highest BCUT2D eigenvalue weighted by molar-refractivity contribution is 7.92. The number of hydrogen-bond acceptors (Lipinski definition) is 3. The first-order chi connectivity index (χ1) is 11.8. The third-order valence-electron chi connectivity index (χ3n) is 5.12. The lowest BCUT2D eigenvalue weighted by Gasteiger charge is -2.21. The smallest absolute Gasteiger partial charge is 0.335 e. The zero-order chi connectivity index (χ0) is 18.0. The van der Waals surface area contributed by atoms with Crippen molar-refractivity contribution in [2.45, 2.75) is 30.1 Å². The van der Waals surface area contributed by atoms with E-state index in [1.165, 1.54) is 11.2 Å². The lowest BCUT2D eigenvalue weighted by Crippen LogP contribution is -2.32. The summed E-state index contributed by atoms with van der Waals surface area (Å²) in [6.07, 6.45) is 1.79. The Bertz CT molecular complexity index is 1010. The van der Waals surface area contributed by atoms with E-state index in [0.29, 0.717) is 5.69 Å². The predicted molar refractivity (Wildman–Crippen MR) is 90.0 cm³/mol. The summed E-state index contributed by atoms with van der Waals surface area (Å²) < 4.78 is 41.9. The Morgan fingerprint density at radius 1 is 1.24 bits per heavy atom. The van der Waals surface area contributed by atoms with Gasteiger partial charge in [0.1, 0.15) is 10.7 Å². The van der Waals surface area contributed by atoms with Gasteiger partial charge in [-0.3, -0.25) is 4.31 Å². The molecule has 1 N–H and O–H groups in total. The quantitative estimate of drug-likeness (QED) is 0.912. The van der Waals surface area contributed by atoms with Gasteiger partial charge >= 0.3 is 5.97 Å². The van der Waals surface area contributed by atoms with Gasteiger partial charge in [-0.05, 0) is 49.1 Å². The zero-order valence-corrected chi connectivity index (χ0v) is 14.3. The fraction of sp³-hybridized carbons (Fsp3) is 0.278. The molecule has 2 aliphatic rings. The number of nitrogens with zero attached hydrogens (tertiary/aromatic N) is 1.